The van der Waals surface area contributed by atoms with Crippen LogP contribution in [-0.2, 0) is 0 Å². The van der Waals surface area contributed by atoms with Gasteiger partial charge in [0, 0.05) is 17.3 Å². The summed E-state index contributed by atoms with van der Waals surface area (Å²) in [5.41, 5.74) is 4.89. The van der Waals surface area contributed by atoms with Gasteiger partial charge >= 0.3 is 0 Å². The number of nitrogens with zero attached hydrogens (tertiary/aromatic N) is 2. The molecular weight excluding hydrogens is 310 g/mol. The summed E-state index contributed by atoms with van der Waals surface area (Å²) in [5, 5.41) is 3.15. The zero-order valence-corrected chi connectivity index (χ0v) is 14.7. The smallest absolute Gasteiger partial charge is 0.251 e. The van der Waals surface area contributed by atoms with E-state index in [0.717, 1.165) is 35.4 Å². The molecule has 3 aromatic rings. The van der Waals surface area contributed by atoms with Crippen LogP contribution in [0.25, 0.3) is 16.7 Å². The first-order valence-electron chi connectivity index (χ1n) is 8.99. The second kappa shape index (κ2) is 6.36. The van der Waals surface area contributed by atoms with Gasteiger partial charge in [-0.25, -0.2) is 4.98 Å². The molecule has 4 nitrogen and oxygen atoms in total. The summed E-state index contributed by atoms with van der Waals surface area (Å²) in [6, 6.07) is 14.5. The first kappa shape index (κ1) is 15.9. The molecule has 0 aliphatic heterocycles. The molecule has 0 atom stereocenters. The van der Waals surface area contributed by atoms with E-state index in [4.69, 9.17) is 0 Å². The maximum Gasteiger partial charge on any atom is 0.251 e. The van der Waals surface area contributed by atoms with Crippen molar-refractivity contribution in [3.8, 4) is 5.69 Å². The number of rotatable bonds is 3. The molecule has 0 unspecified atom stereocenters. The number of nitrogens with one attached hydrogen (secondary N) is 1. The minimum Gasteiger partial charge on any atom is -0.349 e. The van der Waals surface area contributed by atoms with Gasteiger partial charge < -0.3 is 5.32 Å². The van der Waals surface area contributed by atoms with Crippen molar-refractivity contribution >= 4 is 16.9 Å². The highest BCUT2D eigenvalue weighted by atomic mass is 16.1. The summed E-state index contributed by atoms with van der Waals surface area (Å²) < 4.78 is 2.14. The summed E-state index contributed by atoms with van der Waals surface area (Å²) >= 11 is 0. The fraction of sp³-hybridized carbons (Fsp3) is 0.333. The molecule has 4 heteroatoms. The molecule has 1 fully saturated rings. The molecule has 1 saturated carbocycles. The topological polar surface area (TPSA) is 46.9 Å². The van der Waals surface area contributed by atoms with Gasteiger partial charge in [-0.1, -0.05) is 25.0 Å². The molecule has 1 amide bonds. The third-order valence-electron chi connectivity index (χ3n) is 5.03. The number of benzene rings is 2. The van der Waals surface area contributed by atoms with Crippen molar-refractivity contribution in [1.82, 2.24) is 14.9 Å². The molecule has 0 radical (unpaired) electrons. The number of amides is 1. The van der Waals surface area contributed by atoms with Crippen LogP contribution in [0.5, 0.6) is 0 Å². The minimum atomic E-state index is 0.0107. The molecule has 1 aliphatic carbocycles. The van der Waals surface area contributed by atoms with Gasteiger partial charge in [0.1, 0.15) is 5.82 Å². The van der Waals surface area contributed by atoms with Gasteiger partial charge in [0.05, 0.1) is 11.0 Å². The Morgan fingerprint density at radius 2 is 1.92 bits per heavy atom. The Kier molecular flexibility index (Phi) is 4.04. The molecule has 0 saturated heterocycles. The molecule has 1 heterocycles. The summed E-state index contributed by atoms with van der Waals surface area (Å²) in [6.07, 6.45) is 4.61. The molecule has 0 bridgehead atoms. The van der Waals surface area contributed by atoms with Crippen LogP contribution >= 0.6 is 0 Å². The van der Waals surface area contributed by atoms with E-state index in [1.807, 2.05) is 25.1 Å². The number of carbonyl (C=O) groups is 1. The van der Waals surface area contributed by atoms with Gasteiger partial charge in [-0.2, -0.15) is 0 Å². The SMILES string of the molecule is Cc1cccc(-n2c(C)nc3cc(C(=O)NC4CCCC4)ccc32)c1. The Balaban J connectivity index is 1.69. The van der Waals surface area contributed by atoms with Crippen molar-refractivity contribution in [1.29, 1.82) is 0 Å². The molecule has 4 rings (SSSR count). The Hall–Kier alpha value is -2.62. The fourth-order valence-electron chi connectivity index (χ4n) is 3.77. The van der Waals surface area contributed by atoms with Crippen LogP contribution in [0.2, 0.25) is 0 Å². The van der Waals surface area contributed by atoms with Crippen molar-refractivity contribution in [2.75, 3.05) is 0 Å². The highest BCUT2D eigenvalue weighted by Gasteiger charge is 2.19. The van der Waals surface area contributed by atoms with Crippen molar-refractivity contribution in [3.63, 3.8) is 0 Å². The number of fused-ring (bicyclic) bond motifs is 1. The van der Waals surface area contributed by atoms with Crippen LogP contribution in [0.4, 0.5) is 0 Å². The predicted octanol–water partition coefficient (Wildman–Crippen LogP) is 4.31. The van der Waals surface area contributed by atoms with Crippen molar-refractivity contribution in [2.45, 2.75) is 45.6 Å². The predicted molar refractivity (Wildman–Crippen MR) is 100 cm³/mol. The third kappa shape index (κ3) is 3.04. The Bertz CT molecular complexity index is 935. The lowest BCUT2D eigenvalue weighted by molar-refractivity contribution is 0.0938. The second-order valence-corrected chi connectivity index (χ2v) is 6.99. The Morgan fingerprint density at radius 3 is 2.68 bits per heavy atom. The van der Waals surface area contributed by atoms with E-state index in [9.17, 15) is 4.79 Å². The highest BCUT2D eigenvalue weighted by Crippen LogP contribution is 2.24. The molecule has 1 N–H and O–H groups in total. The average molecular weight is 333 g/mol. The molecule has 1 aromatic heterocycles. The quantitative estimate of drug-likeness (QED) is 0.776. The molecule has 2 aromatic carbocycles. The largest absolute Gasteiger partial charge is 0.349 e. The fourth-order valence-corrected chi connectivity index (χ4v) is 3.77. The van der Waals surface area contributed by atoms with Gasteiger partial charge in [-0.05, 0) is 62.6 Å². The number of aryl methyl sites for hydroxylation is 2. The van der Waals surface area contributed by atoms with E-state index in [-0.39, 0.29) is 5.91 Å². The van der Waals surface area contributed by atoms with Gasteiger partial charge in [0.15, 0.2) is 0 Å². The van der Waals surface area contributed by atoms with E-state index >= 15 is 0 Å². The zero-order chi connectivity index (χ0) is 17.4. The summed E-state index contributed by atoms with van der Waals surface area (Å²) in [6.45, 7) is 4.09. The van der Waals surface area contributed by atoms with Crippen LogP contribution in [0.1, 0.15) is 47.4 Å². The number of aromatic nitrogens is 2. The van der Waals surface area contributed by atoms with Crippen molar-refractivity contribution in [2.24, 2.45) is 0 Å². The van der Waals surface area contributed by atoms with Crippen LogP contribution in [0.15, 0.2) is 42.5 Å². The van der Waals surface area contributed by atoms with E-state index in [1.54, 1.807) is 0 Å². The standard InChI is InChI=1S/C21H23N3O/c1-14-6-5-9-18(12-14)24-15(2)22-19-13-16(10-11-20(19)24)21(25)23-17-7-3-4-8-17/h5-6,9-13,17H,3-4,7-8H2,1-2H3,(H,23,25). The number of hydrogen-bond acceptors (Lipinski definition) is 2. The number of imidazole rings is 1. The summed E-state index contributed by atoms with van der Waals surface area (Å²) in [4.78, 5) is 17.2. The van der Waals surface area contributed by atoms with Gasteiger partial charge in [0.25, 0.3) is 5.91 Å². The Morgan fingerprint density at radius 1 is 1.12 bits per heavy atom. The minimum absolute atomic E-state index is 0.0107. The number of hydrogen-bond donors (Lipinski definition) is 1. The lowest BCUT2D eigenvalue weighted by Crippen LogP contribution is -2.32. The highest BCUT2D eigenvalue weighted by molar-refractivity contribution is 5.97. The normalized spacial score (nSPS) is 15.0. The summed E-state index contributed by atoms with van der Waals surface area (Å²) in [7, 11) is 0. The van der Waals surface area contributed by atoms with E-state index in [0.29, 0.717) is 11.6 Å². The first-order chi connectivity index (χ1) is 12.1. The molecule has 25 heavy (non-hydrogen) atoms. The molecule has 0 spiro atoms. The van der Waals surface area contributed by atoms with Gasteiger partial charge in [0.2, 0.25) is 0 Å². The third-order valence-corrected chi connectivity index (χ3v) is 5.03. The zero-order valence-electron chi connectivity index (χ0n) is 14.7. The lowest BCUT2D eigenvalue weighted by Gasteiger charge is -2.12. The van der Waals surface area contributed by atoms with E-state index < -0.39 is 0 Å². The van der Waals surface area contributed by atoms with Gasteiger partial charge in [-0.15, -0.1) is 0 Å². The lowest BCUT2D eigenvalue weighted by atomic mass is 10.1. The first-order valence-corrected chi connectivity index (χ1v) is 8.99. The van der Waals surface area contributed by atoms with Crippen molar-refractivity contribution in [3.05, 3.63) is 59.4 Å². The summed E-state index contributed by atoms with van der Waals surface area (Å²) in [5.74, 6) is 0.936. The average Bonchev–Trinajstić information content (AvgIpc) is 3.20. The van der Waals surface area contributed by atoms with E-state index in [1.165, 1.54) is 18.4 Å². The van der Waals surface area contributed by atoms with Gasteiger partial charge in [-0.3, -0.25) is 9.36 Å². The second-order valence-electron chi connectivity index (χ2n) is 6.99. The van der Waals surface area contributed by atoms with Crippen LogP contribution < -0.4 is 5.32 Å². The Labute approximate surface area is 147 Å². The van der Waals surface area contributed by atoms with Crippen molar-refractivity contribution < 1.29 is 4.79 Å². The van der Waals surface area contributed by atoms with E-state index in [2.05, 4.69) is 46.1 Å². The molecule has 128 valence electrons. The maximum absolute atomic E-state index is 12.5. The number of carbonyl (C=O) groups excluding carboxylic acids is 1. The monoisotopic (exact) mass is 333 g/mol. The van der Waals surface area contributed by atoms with Crippen LogP contribution in [-0.4, -0.2) is 21.5 Å². The maximum atomic E-state index is 12.5. The molecular formula is C21H23N3O. The van der Waals surface area contributed by atoms with Crippen LogP contribution in [0.3, 0.4) is 0 Å². The molecule has 1 aliphatic rings. The van der Waals surface area contributed by atoms with Crippen LogP contribution in [0, 0.1) is 13.8 Å².